The maximum Gasteiger partial charge on any atom is 0.307 e. The summed E-state index contributed by atoms with van der Waals surface area (Å²) in [6.45, 7) is 2.50. The van der Waals surface area contributed by atoms with E-state index in [4.69, 9.17) is 9.84 Å². The number of hydrogen-bond acceptors (Lipinski definition) is 3. The van der Waals surface area contributed by atoms with Gasteiger partial charge in [-0.05, 0) is 32.6 Å². The number of rotatable bonds is 12. The van der Waals surface area contributed by atoms with Gasteiger partial charge < -0.3 is 14.3 Å². The molecule has 0 aliphatic heterocycles. The van der Waals surface area contributed by atoms with E-state index < -0.39 is 12.1 Å². The molecule has 0 aliphatic rings. The normalized spacial score (nSPS) is 13.6. The van der Waals surface area contributed by atoms with Crippen molar-refractivity contribution in [2.45, 2.75) is 51.6 Å². The van der Waals surface area contributed by atoms with Crippen LogP contribution in [0.1, 0.15) is 45.4 Å². The summed E-state index contributed by atoms with van der Waals surface area (Å²) < 4.78 is 5.87. The lowest BCUT2D eigenvalue weighted by molar-refractivity contribution is -0.873. The van der Waals surface area contributed by atoms with E-state index in [0.717, 1.165) is 19.3 Å². The average Bonchev–Trinajstić information content (AvgIpc) is 2.39. The first-order valence-electron chi connectivity index (χ1n) is 8.22. The Morgan fingerprint density at radius 1 is 1.09 bits per heavy atom. The number of hydrogen-bond donors (Lipinski definition) is 1. The van der Waals surface area contributed by atoms with Crippen molar-refractivity contribution in [1.82, 2.24) is 0 Å². The molecule has 5 nitrogen and oxygen atoms in total. The predicted octanol–water partition coefficient (Wildman–Crippen LogP) is 3.16. The van der Waals surface area contributed by atoms with Gasteiger partial charge in [0.05, 0.1) is 27.6 Å². The number of unbranched alkanes of at least 4 members (excludes halogenated alkanes) is 2. The molecule has 0 rings (SSSR count). The van der Waals surface area contributed by atoms with E-state index >= 15 is 0 Å². The van der Waals surface area contributed by atoms with Crippen molar-refractivity contribution < 1.29 is 23.9 Å². The van der Waals surface area contributed by atoms with Gasteiger partial charge >= 0.3 is 11.9 Å². The quantitative estimate of drug-likeness (QED) is 0.259. The summed E-state index contributed by atoms with van der Waals surface area (Å²) in [6.07, 6.45) is 11.6. The Balaban J connectivity index is 4.07. The van der Waals surface area contributed by atoms with Crippen LogP contribution in [0, 0.1) is 0 Å². The minimum atomic E-state index is -0.947. The second-order valence-corrected chi connectivity index (χ2v) is 6.69. The molecule has 0 heterocycles. The lowest BCUT2D eigenvalue weighted by Crippen LogP contribution is -2.43. The van der Waals surface area contributed by atoms with Crippen LogP contribution in [0.3, 0.4) is 0 Å². The smallest absolute Gasteiger partial charge is 0.307 e. The fraction of sp³-hybridized carbons (Fsp3) is 0.667. The Labute approximate surface area is 140 Å². The van der Waals surface area contributed by atoms with Gasteiger partial charge in [0.25, 0.3) is 0 Å². The van der Waals surface area contributed by atoms with Crippen LogP contribution in [0.2, 0.25) is 0 Å². The van der Waals surface area contributed by atoms with Gasteiger partial charge in [0.15, 0.2) is 6.10 Å². The third-order valence-corrected chi connectivity index (χ3v) is 3.11. The molecule has 1 N–H and O–H groups in total. The van der Waals surface area contributed by atoms with Gasteiger partial charge in [-0.3, -0.25) is 9.59 Å². The van der Waals surface area contributed by atoms with E-state index in [-0.39, 0.29) is 12.4 Å². The number of carbonyl (C=O) groups is 2. The molecule has 0 spiro atoms. The Bertz CT molecular complexity index is 408. The van der Waals surface area contributed by atoms with E-state index in [1.54, 1.807) is 0 Å². The fourth-order valence-corrected chi connectivity index (χ4v) is 2.15. The van der Waals surface area contributed by atoms with Crippen LogP contribution in [0.25, 0.3) is 0 Å². The van der Waals surface area contributed by atoms with Gasteiger partial charge in [-0.25, -0.2) is 0 Å². The molecule has 0 saturated carbocycles. The second kappa shape index (κ2) is 11.9. The van der Waals surface area contributed by atoms with Crippen molar-refractivity contribution in [3.05, 3.63) is 24.3 Å². The van der Waals surface area contributed by atoms with E-state index in [0.29, 0.717) is 23.9 Å². The summed E-state index contributed by atoms with van der Waals surface area (Å²) in [5.41, 5.74) is 0. The lowest BCUT2D eigenvalue weighted by Gasteiger charge is -2.28. The maximum atomic E-state index is 11.8. The Morgan fingerprint density at radius 2 is 1.70 bits per heavy atom. The van der Waals surface area contributed by atoms with Gasteiger partial charge in [0.1, 0.15) is 6.54 Å². The monoisotopic (exact) mass is 326 g/mol. The van der Waals surface area contributed by atoms with Crippen molar-refractivity contribution in [2.24, 2.45) is 0 Å². The molecule has 0 aromatic carbocycles. The molecule has 0 aromatic rings. The van der Waals surface area contributed by atoms with E-state index in [1.165, 1.54) is 0 Å². The Morgan fingerprint density at radius 3 is 2.26 bits per heavy atom. The van der Waals surface area contributed by atoms with Crippen LogP contribution < -0.4 is 0 Å². The zero-order valence-electron chi connectivity index (χ0n) is 15.0. The van der Waals surface area contributed by atoms with Crippen molar-refractivity contribution >= 4 is 11.9 Å². The first-order valence-corrected chi connectivity index (χ1v) is 8.22. The van der Waals surface area contributed by atoms with Crippen molar-refractivity contribution in [3.63, 3.8) is 0 Å². The van der Waals surface area contributed by atoms with Gasteiger partial charge in [0.2, 0.25) is 0 Å². The van der Waals surface area contributed by atoms with Crippen LogP contribution in [-0.4, -0.2) is 55.3 Å². The molecule has 23 heavy (non-hydrogen) atoms. The number of carbonyl (C=O) groups excluding carboxylic acids is 1. The molecule has 1 atom stereocenters. The minimum absolute atomic E-state index is 0.151. The first-order chi connectivity index (χ1) is 10.7. The first kappa shape index (κ1) is 21.4. The fourth-order valence-electron chi connectivity index (χ4n) is 2.15. The molecule has 0 amide bonds. The maximum absolute atomic E-state index is 11.8. The summed E-state index contributed by atoms with van der Waals surface area (Å²) in [6, 6.07) is 0. The van der Waals surface area contributed by atoms with Gasteiger partial charge in [-0.15, -0.1) is 0 Å². The Hall–Kier alpha value is -1.62. The van der Waals surface area contributed by atoms with E-state index in [9.17, 15) is 9.59 Å². The largest absolute Gasteiger partial charge is 0.481 e. The van der Waals surface area contributed by atoms with Crippen LogP contribution in [0.4, 0.5) is 0 Å². The zero-order valence-corrected chi connectivity index (χ0v) is 15.0. The van der Waals surface area contributed by atoms with E-state index in [1.807, 2.05) is 40.2 Å². The number of nitrogens with zero attached hydrogens (tertiary/aromatic N) is 1. The predicted molar refractivity (Wildman–Crippen MR) is 92.1 cm³/mol. The molecule has 0 aromatic heterocycles. The zero-order chi connectivity index (χ0) is 17.7. The van der Waals surface area contributed by atoms with Crippen molar-refractivity contribution in [1.29, 1.82) is 0 Å². The molecular weight excluding hydrogens is 294 g/mol. The molecule has 0 fully saturated rings. The molecule has 0 radical (unpaired) electrons. The average molecular weight is 326 g/mol. The number of carboxylic acids is 1. The highest BCUT2D eigenvalue weighted by atomic mass is 16.5. The summed E-state index contributed by atoms with van der Waals surface area (Å²) in [5.74, 6) is -1.28. The van der Waals surface area contributed by atoms with Crippen LogP contribution in [0.15, 0.2) is 24.3 Å². The molecule has 1 unspecified atom stereocenters. The van der Waals surface area contributed by atoms with Crippen LogP contribution >= 0.6 is 0 Å². The van der Waals surface area contributed by atoms with E-state index in [2.05, 4.69) is 12.2 Å². The summed E-state index contributed by atoms with van der Waals surface area (Å²) in [4.78, 5) is 22.7. The standard InChI is InChI=1S/C18H31NO4/c1-5-6-7-8-9-10-11-12-13-18(22)23-16(14-17(20)21)15-19(2,3)4/h5-6,10-11,16H,7-9,12-15H2,1-4H3/p+1/b6-5+,11-10+. The Kier molecular flexibility index (Phi) is 11.0. The number of allylic oxidation sites excluding steroid dienone is 4. The molecule has 0 saturated heterocycles. The summed E-state index contributed by atoms with van der Waals surface area (Å²) in [7, 11) is 5.83. The number of ether oxygens (including phenoxy) is 1. The highest BCUT2D eigenvalue weighted by Gasteiger charge is 2.24. The third kappa shape index (κ3) is 15.1. The molecule has 5 heteroatoms. The van der Waals surface area contributed by atoms with Gasteiger partial charge in [-0.1, -0.05) is 24.3 Å². The topological polar surface area (TPSA) is 63.6 Å². The highest BCUT2D eigenvalue weighted by molar-refractivity contribution is 5.71. The van der Waals surface area contributed by atoms with Gasteiger partial charge in [-0.2, -0.15) is 0 Å². The van der Waals surface area contributed by atoms with Crippen LogP contribution in [0.5, 0.6) is 0 Å². The van der Waals surface area contributed by atoms with Crippen LogP contribution in [-0.2, 0) is 14.3 Å². The molecule has 0 bridgehead atoms. The second-order valence-electron chi connectivity index (χ2n) is 6.69. The minimum Gasteiger partial charge on any atom is -0.481 e. The molecule has 132 valence electrons. The number of esters is 1. The molecule has 0 aliphatic carbocycles. The third-order valence-electron chi connectivity index (χ3n) is 3.11. The highest BCUT2D eigenvalue weighted by Crippen LogP contribution is 2.08. The number of carboxylic acid groups (broad SMARTS) is 1. The van der Waals surface area contributed by atoms with Gasteiger partial charge in [0, 0.05) is 6.42 Å². The number of quaternary nitrogens is 1. The molecular formula is C18H32NO4+. The number of likely N-dealkylation sites (N-methyl/N-ethyl adjacent to an activating group) is 1. The SMILES string of the molecule is C/C=C/CCC/C=C/CCC(=O)OC(CC(=O)O)C[N+](C)(C)C. The lowest BCUT2D eigenvalue weighted by atomic mass is 10.2. The van der Waals surface area contributed by atoms with Crippen molar-refractivity contribution in [2.75, 3.05) is 27.7 Å². The number of aliphatic carboxylic acids is 1. The van der Waals surface area contributed by atoms with Crippen molar-refractivity contribution in [3.8, 4) is 0 Å². The summed E-state index contributed by atoms with van der Waals surface area (Å²) in [5, 5.41) is 8.91. The summed E-state index contributed by atoms with van der Waals surface area (Å²) >= 11 is 0.